The maximum atomic E-state index is 12.2. The van der Waals surface area contributed by atoms with Gasteiger partial charge < -0.3 is 15.3 Å². The molecule has 1 saturated heterocycles. The van der Waals surface area contributed by atoms with Crippen LogP contribution in [0.1, 0.15) is 32.6 Å². The summed E-state index contributed by atoms with van der Waals surface area (Å²) in [6, 6.07) is -0.0562. The molecule has 0 bridgehead atoms. The van der Waals surface area contributed by atoms with E-state index in [-0.39, 0.29) is 18.1 Å². The fourth-order valence-electron chi connectivity index (χ4n) is 3.10. The summed E-state index contributed by atoms with van der Waals surface area (Å²) in [5, 5.41) is 12.8. The molecule has 5 nitrogen and oxygen atoms in total. The first kappa shape index (κ1) is 14.5. The Morgan fingerprint density at radius 1 is 1.32 bits per heavy atom. The number of urea groups is 1. The minimum absolute atomic E-state index is 0.0944. The van der Waals surface area contributed by atoms with Gasteiger partial charge in [0, 0.05) is 23.9 Å². The Morgan fingerprint density at radius 3 is 2.58 bits per heavy atom. The normalized spacial score (nSPS) is 34.5. The third kappa shape index (κ3) is 3.16. The van der Waals surface area contributed by atoms with E-state index in [1.165, 1.54) is 0 Å². The van der Waals surface area contributed by atoms with Crippen molar-refractivity contribution in [2.45, 2.75) is 49.9 Å². The number of nitrogens with one attached hydrogen (secondary N) is 1. The Hall–Kier alpha value is -0.910. The van der Waals surface area contributed by atoms with Gasteiger partial charge in [0.1, 0.15) is 0 Å². The molecule has 6 heteroatoms. The summed E-state index contributed by atoms with van der Waals surface area (Å²) in [7, 11) is 0. The monoisotopic (exact) mass is 286 g/mol. The van der Waals surface area contributed by atoms with Crippen LogP contribution in [-0.2, 0) is 4.79 Å². The van der Waals surface area contributed by atoms with E-state index in [0.29, 0.717) is 18.2 Å². The van der Waals surface area contributed by atoms with Gasteiger partial charge in [0.15, 0.2) is 0 Å². The number of carboxylic acids is 1. The lowest BCUT2D eigenvalue weighted by atomic mass is 10.0. The van der Waals surface area contributed by atoms with Gasteiger partial charge in [-0.2, -0.15) is 11.8 Å². The fourth-order valence-corrected chi connectivity index (χ4v) is 3.90. The molecule has 1 aliphatic carbocycles. The minimum atomic E-state index is -0.800. The van der Waals surface area contributed by atoms with E-state index < -0.39 is 11.9 Å². The van der Waals surface area contributed by atoms with E-state index in [9.17, 15) is 9.59 Å². The summed E-state index contributed by atoms with van der Waals surface area (Å²) in [5.41, 5.74) is 0. The molecular weight excluding hydrogens is 264 g/mol. The maximum Gasteiger partial charge on any atom is 0.317 e. The van der Waals surface area contributed by atoms with Crippen molar-refractivity contribution >= 4 is 23.8 Å². The van der Waals surface area contributed by atoms with Crippen LogP contribution < -0.4 is 5.32 Å². The number of rotatable bonds is 3. The average molecular weight is 286 g/mol. The van der Waals surface area contributed by atoms with Crippen molar-refractivity contribution in [3.05, 3.63) is 0 Å². The standard InChI is InChI=1S/C13H22N2O3S/c1-8-11(12(16)17)5-6-15(8)13(18)14-9-3-4-10(7-9)19-2/h8-11H,3-7H2,1-2H3,(H,14,18)(H,16,17). The third-order valence-electron chi connectivity index (χ3n) is 4.38. The van der Waals surface area contributed by atoms with Crippen LogP contribution in [0.25, 0.3) is 0 Å². The second-order valence-electron chi connectivity index (χ2n) is 5.48. The van der Waals surface area contributed by atoms with Gasteiger partial charge in [-0.05, 0) is 38.9 Å². The molecule has 2 amide bonds. The van der Waals surface area contributed by atoms with Gasteiger partial charge in [-0.25, -0.2) is 4.79 Å². The van der Waals surface area contributed by atoms with Gasteiger partial charge in [0.25, 0.3) is 0 Å². The molecule has 1 saturated carbocycles. The average Bonchev–Trinajstić information content (AvgIpc) is 2.95. The Bertz CT molecular complexity index is 364. The van der Waals surface area contributed by atoms with E-state index in [2.05, 4.69) is 11.6 Å². The zero-order chi connectivity index (χ0) is 14.0. The molecule has 0 aromatic rings. The minimum Gasteiger partial charge on any atom is -0.481 e. The van der Waals surface area contributed by atoms with Gasteiger partial charge in [0.05, 0.1) is 5.92 Å². The van der Waals surface area contributed by atoms with Gasteiger partial charge in [-0.1, -0.05) is 0 Å². The van der Waals surface area contributed by atoms with Crippen molar-refractivity contribution in [2.75, 3.05) is 12.8 Å². The molecule has 1 aliphatic heterocycles. The molecule has 0 spiro atoms. The molecule has 0 radical (unpaired) electrons. The zero-order valence-electron chi connectivity index (χ0n) is 11.5. The molecule has 2 N–H and O–H groups in total. The smallest absolute Gasteiger partial charge is 0.317 e. The Morgan fingerprint density at radius 2 is 2.05 bits per heavy atom. The summed E-state index contributed by atoms with van der Waals surface area (Å²) in [6.07, 6.45) is 5.87. The molecule has 0 aromatic carbocycles. The van der Waals surface area contributed by atoms with Crippen molar-refractivity contribution in [1.82, 2.24) is 10.2 Å². The van der Waals surface area contributed by atoms with E-state index in [4.69, 9.17) is 5.11 Å². The molecule has 4 atom stereocenters. The van der Waals surface area contributed by atoms with Crippen LogP contribution in [0.2, 0.25) is 0 Å². The van der Waals surface area contributed by atoms with Crippen molar-refractivity contribution in [3.8, 4) is 0 Å². The topological polar surface area (TPSA) is 69.6 Å². The van der Waals surface area contributed by atoms with E-state index in [1.807, 2.05) is 18.7 Å². The Kier molecular flexibility index (Phi) is 4.60. The summed E-state index contributed by atoms with van der Waals surface area (Å²) in [5.74, 6) is -1.22. The quantitative estimate of drug-likeness (QED) is 0.829. The molecule has 2 rings (SSSR count). The molecule has 2 fully saturated rings. The summed E-state index contributed by atoms with van der Waals surface area (Å²) < 4.78 is 0. The molecule has 108 valence electrons. The van der Waals surface area contributed by atoms with Crippen LogP contribution in [0.15, 0.2) is 0 Å². The highest BCUT2D eigenvalue weighted by Gasteiger charge is 2.39. The number of thioether (sulfide) groups is 1. The molecule has 1 heterocycles. The largest absolute Gasteiger partial charge is 0.481 e. The number of carbonyl (C=O) groups is 2. The van der Waals surface area contributed by atoms with E-state index in [0.717, 1.165) is 19.3 Å². The summed E-state index contributed by atoms with van der Waals surface area (Å²) in [4.78, 5) is 24.9. The van der Waals surface area contributed by atoms with Crippen molar-refractivity contribution < 1.29 is 14.7 Å². The van der Waals surface area contributed by atoms with E-state index in [1.54, 1.807) is 4.90 Å². The van der Waals surface area contributed by atoms with Crippen molar-refractivity contribution in [2.24, 2.45) is 5.92 Å². The predicted octanol–water partition coefficient (Wildman–Crippen LogP) is 1.78. The molecule has 2 aliphatic rings. The number of carbonyl (C=O) groups excluding carboxylic acids is 1. The van der Waals surface area contributed by atoms with Crippen molar-refractivity contribution in [3.63, 3.8) is 0 Å². The van der Waals surface area contributed by atoms with Crippen LogP contribution in [0.4, 0.5) is 4.79 Å². The first-order valence-electron chi connectivity index (χ1n) is 6.85. The lowest BCUT2D eigenvalue weighted by Gasteiger charge is -2.25. The third-order valence-corrected chi connectivity index (χ3v) is 5.47. The first-order chi connectivity index (χ1) is 9.02. The maximum absolute atomic E-state index is 12.2. The highest BCUT2D eigenvalue weighted by molar-refractivity contribution is 7.99. The summed E-state index contributed by atoms with van der Waals surface area (Å²) in [6.45, 7) is 2.37. The van der Waals surface area contributed by atoms with Crippen LogP contribution in [-0.4, -0.2) is 52.1 Å². The van der Waals surface area contributed by atoms with Crippen LogP contribution in [0.5, 0.6) is 0 Å². The number of nitrogens with zero attached hydrogens (tertiary/aromatic N) is 1. The lowest BCUT2D eigenvalue weighted by molar-refractivity contribution is -0.142. The Balaban J connectivity index is 1.86. The predicted molar refractivity (Wildman–Crippen MR) is 75.4 cm³/mol. The number of carboxylic acid groups (broad SMARTS) is 1. The van der Waals surface area contributed by atoms with E-state index >= 15 is 0 Å². The molecule has 4 unspecified atom stereocenters. The van der Waals surface area contributed by atoms with Crippen molar-refractivity contribution in [1.29, 1.82) is 0 Å². The zero-order valence-corrected chi connectivity index (χ0v) is 12.3. The second kappa shape index (κ2) is 6.03. The SMILES string of the molecule is CSC1CCC(NC(=O)N2CCC(C(=O)O)C2C)C1. The number of aliphatic carboxylic acids is 1. The number of hydrogen-bond donors (Lipinski definition) is 2. The first-order valence-corrected chi connectivity index (χ1v) is 8.14. The van der Waals surface area contributed by atoms with Crippen LogP contribution in [0.3, 0.4) is 0 Å². The van der Waals surface area contributed by atoms with Crippen LogP contribution >= 0.6 is 11.8 Å². The number of amides is 2. The second-order valence-corrected chi connectivity index (χ2v) is 6.62. The molecular formula is C13H22N2O3S. The fraction of sp³-hybridized carbons (Fsp3) is 0.846. The highest BCUT2D eigenvalue weighted by Crippen LogP contribution is 2.29. The van der Waals surface area contributed by atoms with Gasteiger partial charge >= 0.3 is 12.0 Å². The van der Waals surface area contributed by atoms with Gasteiger partial charge in [0.2, 0.25) is 0 Å². The van der Waals surface area contributed by atoms with Crippen LogP contribution in [0, 0.1) is 5.92 Å². The Labute approximate surface area is 118 Å². The number of hydrogen-bond acceptors (Lipinski definition) is 3. The summed E-state index contributed by atoms with van der Waals surface area (Å²) >= 11 is 1.86. The van der Waals surface area contributed by atoms with Gasteiger partial charge in [-0.3, -0.25) is 4.79 Å². The lowest BCUT2D eigenvalue weighted by Crippen LogP contribution is -2.46. The van der Waals surface area contributed by atoms with Gasteiger partial charge in [-0.15, -0.1) is 0 Å². The highest BCUT2D eigenvalue weighted by atomic mass is 32.2. The molecule has 0 aromatic heterocycles. The number of likely N-dealkylation sites (tertiary alicyclic amines) is 1. The molecule has 19 heavy (non-hydrogen) atoms.